The van der Waals surface area contributed by atoms with Gasteiger partial charge in [-0.3, -0.25) is 0 Å². The zero-order valence-electron chi connectivity index (χ0n) is 49.5. The van der Waals surface area contributed by atoms with Gasteiger partial charge < -0.3 is 23.7 Å². The molecule has 0 N–H and O–H groups in total. The second-order valence-electron chi connectivity index (χ2n) is 25.4. The molecule has 0 aliphatic carbocycles. The van der Waals surface area contributed by atoms with E-state index in [1.54, 1.807) is 0 Å². The third-order valence-corrected chi connectivity index (χ3v) is 16.7. The van der Waals surface area contributed by atoms with Crippen molar-refractivity contribution in [3.63, 3.8) is 0 Å². The molecule has 0 bridgehead atoms. The van der Waals surface area contributed by atoms with Crippen LogP contribution in [0.4, 0.5) is 22.7 Å². The van der Waals surface area contributed by atoms with Crippen molar-refractivity contribution in [2.24, 2.45) is 0 Å². The number of rotatable bonds is 9. The Kier molecular flexibility index (Phi) is 13.8. The van der Waals surface area contributed by atoms with E-state index in [-0.39, 0.29) is 37.3 Å². The number of para-hydroxylation sites is 3. The largest absolute Gasteiger partial charge is 0.509 e. The van der Waals surface area contributed by atoms with Crippen LogP contribution in [-0.4, -0.2) is 14.1 Å². The van der Waals surface area contributed by atoms with Gasteiger partial charge in [-0.2, -0.15) is 12.1 Å². The molecule has 0 saturated carbocycles. The quantitative estimate of drug-likeness (QED) is 0.135. The molecule has 1 aliphatic heterocycles. The fourth-order valence-corrected chi connectivity index (χ4v) is 12.3. The standard InChI is InChI=1S/C78H66N5O.Pt/c1-76(2,3)53-41-42-79-73(46-53)83-70-40-37-57(82-68-34-18-16-29-63(68)64-30-17-19-35-69(64)82)48-67(70)65-39-38-60(49-72(65)83)84-59-28-20-27-56(47-59)80-50-81(58-44-54(77(4,5)6)43-55(45-58)78(7,8)9)75-66(33-22-36-71(75)80)74-61(51-23-12-10-13-24-51)31-21-32-62(74)52-25-14-11-15-26-52;/h10-46,48,50H,1-9H3;/q-3;. The molecule has 0 unspecified atom stereocenters. The Hall–Kier alpha value is -8.96. The van der Waals surface area contributed by atoms with Crippen LogP contribution in [0.2, 0.25) is 0 Å². The molecular formula is C78H66N5OPt-3. The minimum Gasteiger partial charge on any atom is -0.509 e. The first kappa shape index (κ1) is 55.2. The van der Waals surface area contributed by atoms with Crippen LogP contribution in [0.3, 0.4) is 0 Å². The molecular weight excluding hydrogens is 1220 g/mol. The predicted molar refractivity (Wildman–Crippen MR) is 351 cm³/mol. The summed E-state index contributed by atoms with van der Waals surface area (Å²) in [6.07, 6.45) is 1.92. The summed E-state index contributed by atoms with van der Waals surface area (Å²) in [6, 6.07) is 88.5. The molecule has 3 aromatic heterocycles. The van der Waals surface area contributed by atoms with Gasteiger partial charge in [-0.05, 0) is 127 Å². The van der Waals surface area contributed by atoms with Gasteiger partial charge in [0.1, 0.15) is 5.82 Å². The third-order valence-electron chi connectivity index (χ3n) is 16.7. The average molecular weight is 1280 g/mol. The zero-order chi connectivity index (χ0) is 57.6. The van der Waals surface area contributed by atoms with E-state index in [0.29, 0.717) is 11.5 Å². The van der Waals surface area contributed by atoms with E-state index in [1.807, 2.05) is 18.3 Å². The minimum absolute atomic E-state index is 0. The van der Waals surface area contributed by atoms with E-state index < -0.39 is 0 Å². The van der Waals surface area contributed by atoms with Crippen molar-refractivity contribution in [3.8, 4) is 56.4 Å². The van der Waals surface area contributed by atoms with Crippen LogP contribution >= 0.6 is 0 Å². The molecule has 14 rings (SSSR count). The van der Waals surface area contributed by atoms with Crippen LogP contribution in [0.5, 0.6) is 11.5 Å². The molecule has 4 heterocycles. The van der Waals surface area contributed by atoms with Crippen molar-refractivity contribution < 1.29 is 25.8 Å². The second kappa shape index (κ2) is 21.3. The number of hydrogen-bond donors (Lipinski definition) is 0. The summed E-state index contributed by atoms with van der Waals surface area (Å²) in [5, 5.41) is 4.60. The smallest absolute Gasteiger partial charge is 0.135 e. The van der Waals surface area contributed by atoms with Crippen LogP contribution < -0.4 is 14.5 Å². The van der Waals surface area contributed by atoms with Crippen molar-refractivity contribution in [1.29, 1.82) is 0 Å². The fourth-order valence-electron chi connectivity index (χ4n) is 12.3. The topological polar surface area (TPSA) is 38.5 Å². The van der Waals surface area contributed by atoms with Gasteiger partial charge in [0.2, 0.25) is 0 Å². The molecule has 10 aromatic carbocycles. The number of aromatic nitrogens is 3. The first-order chi connectivity index (χ1) is 40.5. The van der Waals surface area contributed by atoms with Gasteiger partial charge in [-0.25, -0.2) is 4.98 Å². The number of benzene rings is 10. The van der Waals surface area contributed by atoms with Crippen LogP contribution in [-0.2, 0) is 37.3 Å². The van der Waals surface area contributed by atoms with E-state index in [9.17, 15) is 0 Å². The van der Waals surface area contributed by atoms with E-state index in [1.165, 1.54) is 44.1 Å². The summed E-state index contributed by atoms with van der Waals surface area (Å²) >= 11 is 0. The fraction of sp³-hybridized carbons (Fsp3) is 0.154. The van der Waals surface area contributed by atoms with Crippen molar-refractivity contribution in [2.75, 3.05) is 9.80 Å². The molecule has 1 aliphatic rings. The molecule has 0 amide bonds. The van der Waals surface area contributed by atoms with Crippen molar-refractivity contribution >= 4 is 66.4 Å². The molecule has 6 nitrogen and oxygen atoms in total. The van der Waals surface area contributed by atoms with Crippen molar-refractivity contribution in [1.82, 2.24) is 14.1 Å². The second-order valence-corrected chi connectivity index (χ2v) is 25.4. The van der Waals surface area contributed by atoms with Crippen LogP contribution in [0.15, 0.2) is 231 Å². The molecule has 0 spiro atoms. The summed E-state index contributed by atoms with van der Waals surface area (Å²) in [5.41, 5.74) is 19.8. The maximum atomic E-state index is 6.96. The van der Waals surface area contributed by atoms with Gasteiger partial charge in [-0.1, -0.05) is 201 Å². The molecule has 0 saturated heterocycles. The summed E-state index contributed by atoms with van der Waals surface area (Å²) in [4.78, 5) is 9.72. The third kappa shape index (κ3) is 9.90. The Bertz CT molecular complexity index is 4540. The van der Waals surface area contributed by atoms with Crippen molar-refractivity contribution in [2.45, 2.75) is 78.6 Å². The Balaban J connectivity index is 0.00000672. The number of anilines is 4. The van der Waals surface area contributed by atoms with Gasteiger partial charge in [0, 0.05) is 83.4 Å². The Labute approximate surface area is 513 Å². The normalized spacial score (nSPS) is 12.8. The summed E-state index contributed by atoms with van der Waals surface area (Å²) in [5.74, 6) is 1.97. The van der Waals surface area contributed by atoms with E-state index >= 15 is 0 Å². The van der Waals surface area contributed by atoms with Gasteiger partial charge >= 0.3 is 0 Å². The first-order valence-electron chi connectivity index (χ1n) is 29.2. The summed E-state index contributed by atoms with van der Waals surface area (Å²) < 4.78 is 11.6. The van der Waals surface area contributed by atoms with E-state index in [4.69, 9.17) is 9.72 Å². The number of hydrogen-bond acceptors (Lipinski definition) is 4. The number of pyridine rings is 1. The van der Waals surface area contributed by atoms with Crippen LogP contribution in [0.25, 0.3) is 88.5 Å². The Morgan fingerprint density at radius 3 is 1.61 bits per heavy atom. The van der Waals surface area contributed by atoms with Gasteiger partial charge in [0.25, 0.3) is 0 Å². The Morgan fingerprint density at radius 2 is 0.976 bits per heavy atom. The van der Waals surface area contributed by atoms with Crippen LogP contribution in [0.1, 0.15) is 79.0 Å². The van der Waals surface area contributed by atoms with Crippen molar-refractivity contribution in [3.05, 3.63) is 266 Å². The zero-order valence-corrected chi connectivity index (χ0v) is 51.7. The predicted octanol–water partition coefficient (Wildman–Crippen LogP) is 21.0. The molecule has 85 heavy (non-hydrogen) atoms. The minimum atomic E-state index is -0.102. The molecule has 7 heteroatoms. The SMILES string of the molecule is CC(C)(C)c1cc(N2[CH-]N(c3[c-]c(Oc4[c-]c5c(cc4)c4cc(-n6c7ccccc7c7ccccc76)ccc4n5-c4cc(C(C)(C)C)ccn4)ccc3)c3cccc(-c4c(-c5ccccc5)cccc4-c4ccccc4)c32)cc(C(C)(C)C)c1.[Pt]. The number of nitrogens with zero attached hydrogens (tertiary/aromatic N) is 5. The first-order valence-corrected chi connectivity index (χ1v) is 29.2. The maximum absolute atomic E-state index is 6.96. The van der Waals surface area contributed by atoms with Gasteiger partial charge in [0.15, 0.2) is 0 Å². The number of fused-ring (bicyclic) bond motifs is 7. The monoisotopic (exact) mass is 1280 g/mol. The number of ether oxygens (including phenoxy) is 1. The van der Waals surface area contributed by atoms with Gasteiger partial charge in [-0.15, -0.1) is 48.1 Å². The summed E-state index contributed by atoms with van der Waals surface area (Å²) in [7, 11) is 0. The van der Waals surface area contributed by atoms with E-state index in [2.05, 4.69) is 312 Å². The molecule has 0 atom stereocenters. The van der Waals surface area contributed by atoms with Crippen LogP contribution in [0, 0.1) is 18.8 Å². The molecule has 422 valence electrons. The molecule has 0 radical (unpaired) electrons. The van der Waals surface area contributed by atoms with E-state index in [0.717, 1.165) is 83.9 Å². The maximum Gasteiger partial charge on any atom is 0.135 e. The van der Waals surface area contributed by atoms with Gasteiger partial charge in [0.05, 0.1) is 11.0 Å². The average Bonchev–Trinajstić information content (AvgIpc) is 2.12. The Morgan fingerprint density at radius 1 is 0.412 bits per heavy atom. The summed E-state index contributed by atoms with van der Waals surface area (Å²) in [6.45, 7) is 22.8. The molecule has 0 fully saturated rings. The molecule has 13 aromatic rings.